The van der Waals surface area contributed by atoms with E-state index < -0.39 is 0 Å². The molecule has 6 nitrogen and oxygen atoms in total. The Bertz CT molecular complexity index is 610. The van der Waals surface area contributed by atoms with Crippen LogP contribution >= 0.6 is 0 Å². The topological polar surface area (TPSA) is 76.4 Å². The fourth-order valence-electron chi connectivity index (χ4n) is 1.88. The normalized spacial score (nSPS) is 12.0. The molecule has 6 heteroatoms. The molecule has 0 spiro atoms. The Hall–Kier alpha value is -2.34. The number of nitrogens with zero attached hydrogens (tertiary/aromatic N) is 2. The first-order valence-corrected chi connectivity index (χ1v) is 7.35. The van der Waals surface area contributed by atoms with Crippen molar-refractivity contribution in [2.24, 2.45) is 0 Å². The second kappa shape index (κ2) is 7.61. The van der Waals surface area contributed by atoms with Crippen LogP contribution in [0.3, 0.4) is 0 Å². The van der Waals surface area contributed by atoms with E-state index in [9.17, 15) is 4.79 Å². The van der Waals surface area contributed by atoms with Gasteiger partial charge >= 0.3 is 0 Å². The van der Waals surface area contributed by atoms with E-state index in [-0.39, 0.29) is 24.2 Å². The van der Waals surface area contributed by atoms with Crippen LogP contribution in [-0.2, 0) is 0 Å². The molecule has 1 atom stereocenters. The van der Waals surface area contributed by atoms with E-state index in [0.29, 0.717) is 12.4 Å². The minimum Gasteiger partial charge on any atom is -0.489 e. The van der Waals surface area contributed by atoms with Crippen molar-refractivity contribution in [1.82, 2.24) is 15.1 Å². The largest absolute Gasteiger partial charge is 0.489 e. The second-order valence-corrected chi connectivity index (χ2v) is 5.03. The summed E-state index contributed by atoms with van der Waals surface area (Å²) in [4.78, 5) is 12.3. The number of carbonyl (C=O) groups excluding carboxylic acids is 1. The summed E-state index contributed by atoms with van der Waals surface area (Å²) in [7, 11) is 0. The van der Waals surface area contributed by atoms with Gasteiger partial charge in [-0.15, -0.1) is 0 Å². The summed E-state index contributed by atoms with van der Waals surface area (Å²) in [6.07, 6.45) is 2.54. The SMILES string of the molecule is CCCOc1cn(-c2ccccc2)nc1C(=O)NC(C)CO. The number of aromatic nitrogens is 2. The maximum absolute atomic E-state index is 12.3. The zero-order valence-corrected chi connectivity index (χ0v) is 12.8. The van der Waals surface area contributed by atoms with Crippen LogP contribution in [0.1, 0.15) is 30.8 Å². The molecule has 1 aromatic carbocycles. The van der Waals surface area contributed by atoms with Gasteiger partial charge in [-0.25, -0.2) is 4.68 Å². The van der Waals surface area contributed by atoms with E-state index in [1.165, 1.54) is 0 Å². The first kappa shape index (κ1) is 16.0. The predicted octanol–water partition coefficient (Wildman–Crippen LogP) is 1.77. The summed E-state index contributed by atoms with van der Waals surface area (Å²) < 4.78 is 7.23. The molecule has 0 saturated carbocycles. The molecular weight excluding hydrogens is 282 g/mol. The van der Waals surface area contributed by atoms with Crippen LogP contribution in [-0.4, -0.2) is 40.0 Å². The summed E-state index contributed by atoms with van der Waals surface area (Å²) >= 11 is 0. The maximum Gasteiger partial charge on any atom is 0.275 e. The smallest absolute Gasteiger partial charge is 0.275 e. The van der Waals surface area contributed by atoms with Gasteiger partial charge < -0.3 is 15.2 Å². The van der Waals surface area contributed by atoms with E-state index in [0.717, 1.165) is 12.1 Å². The molecule has 22 heavy (non-hydrogen) atoms. The first-order valence-electron chi connectivity index (χ1n) is 7.35. The van der Waals surface area contributed by atoms with Gasteiger partial charge in [0.15, 0.2) is 11.4 Å². The lowest BCUT2D eigenvalue weighted by atomic mass is 10.3. The van der Waals surface area contributed by atoms with Gasteiger partial charge in [0.1, 0.15) is 0 Å². The van der Waals surface area contributed by atoms with Crippen molar-refractivity contribution in [3.63, 3.8) is 0 Å². The third kappa shape index (κ3) is 3.85. The molecule has 0 saturated heterocycles. The van der Waals surface area contributed by atoms with E-state index in [1.807, 2.05) is 37.3 Å². The molecule has 2 N–H and O–H groups in total. The Labute approximate surface area is 129 Å². The van der Waals surface area contributed by atoms with Gasteiger partial charge in [0.05, 0.1) is 25.1 Å². The molecule has 0 aliphatic rings. The van der Waals surface area contributed by atoms with Gasteiger partial charge in [0.25, 0.3) is 5.91 Å². The van der Waals surface area contributed by atoms with E-state index in [2.05, 4.69) is 10.4 Å². The highest BCUT2D eigenvalue weighted by Gasteiger charge is 2.20. The Morgan fingerprint density at radius 3 is 2.77 bits per heavy atom. The van der Waals surface area contributed by atoms with Gasteiger partial charge in [0, 0.05) is 6.04 Å². The minimum absolute atomic E-state index is 0.129. The number of benzene rings is 1. The summed E-state index contributed by atoms with van der Waals surface area (Å²) in [5.41, 5.74) is 1.07. The first-order chi connectivity index (χ1) is 10.7. The van der Waals surface area contributed by atoms with Crippen molar-refractivity contribution in [1.29, 1.82) is 0 Å². The van der Waals surface area contributed by atoms with Gasteiger partial charge in [-0.2, -0.15) is 5.10 Å². The van der Waals surface area contributed by atoms with E-state index in [1.54, 1.807) is 17.8 Å². The Morgan fingerprint density at radius 1 is 1.41 bits per heavy atom. The van der Waals surface area contributed by atoms with Crippen LogP contribution in [0, 0.1) is 0 Å². The van der Waals surface area contributed by atoms with Crippen LogP contribution in [0.2, 0.25) is 0 Å². The highest BCUT2D eigenvalue weighted by atomic mass is 16.5. The highest BCUT2D eigenvalue weighted by molar-refractivity contribution is 5.95. The third-order valence-corrected chi connectivity index (χ3v) is 3.03. The van der Waals surface area contributed by atoms with Crippen LogP contribution in [0.15, 0.2) is 36.5 Å². The molecule has 1 aromatic heterocycles. The van der Waals surface area contributed by atoms with Crippen LogP contribution in [0.4, 0.5) is 0 Å². The van der Waals surface area contributed by atoms with Crippen LogP contribution in [0.25, 0.3) is 5.69 Å². The molecule has 2 aromatic rings. The van der Waals surface area contributed by atoms with Gasteiger partial charge in [-0.05, 0) is 25.5 Å². The third-order valence-electron chi connectivity index (χ3n) is 3.03. The monoisotopic (exact) mass is 303 g/mol. The highest BCUT2D eigenvalue weighted by Crippen LogP contribution is 2.20. The number of hydrogen-bond acceptors (Lipinski definition) is 4. The number of nitrogens with one attached hydrogen (secondary N) is 1. The van der Waals surface area contributed by atoms with Crippen molar-refractivity contribution < 1.29 is 14.6 Å². The predicted molar refractivity (Wildman–Crippen MR) is 83.4 cm³/mol. The van der Waals surface area contributed by atoms with Crippen molar-refractivity contribution >= 4 is 5.91 Å². The summed E-state index contributed by atoms with van der Waals surface area (Å²) in [6, 6.07) is 9.17. The van der Waals surface area contributed by atoms with Crippen LogP contribution < -0.4 is 10.1 Å². The summed E-state index contributed by atoms with van der Waals surface area (Å²) in [6.45, 7) is 4.10. The zero-order valence-electron chi connectivity index (χ0n) is 12.8. The Kier molecular flexibility index (Phi) is 5.55. The van der Waals surface area contributed by atoms with Crippen molar-refractivity contribution in [3.05, 3.63) is 42.2 Å². The number of aliphatic hydroxyl groups is 1. The second-order valence-electron chi connectivity index (χ2n) is 5.03. The molecule has 0 bridgehead atoms. The number of para-hydroxylation sites is 1. The maximum atomic E-state index is 12.3. The lowest BCUT2D eigenvalue weighted by molar-refractivity contribution is 0.0913. The average molecular weight is 303 g/mol. The lowest BCUT2D eigenvalue weighted by Gasteiger charge is -2.10. The van der Waals surface area contributed by atoms with E-state index >= 15 is 0 Å². The molecule has 0 fully saturated rings. The molecule has 0 aliphatic heterocycles. The zero-order chi connectivity index (χ0) is 15.9. The van der Waals surface area contributed by atoms with Crippen molar-refractivity contribution in [3.8, 4) is 11.4 Å². The molecule has 1 amide bonds. The van der Waals surface area contributed by atoms with Crippen molar-refractivity contribution in [2.45, 2.75) is 26.3 Å². The summed E-state index contributed by atoms with van der Waals surface area (Å²) in [5.74, 6) is 0.0793. The average Bonchev–Trinajstić information content (AvgIpc) is 2.97. The Balaban J connectivity index is 2.30. The minimum atomic E-state index is -0.359. The quantitative estimate of drug-likeness (QED) is 0.817. The summed E-state index contributed by atoms with van der Waals surface area (Å²) in [5, 5.41) is 16.1. The number of amides is 1. The van der Waals surface area contributed by atoms with Gasteiger partial charge in [0.2, 0.25) is 0 Å². The fraction of sp³-hybridized carbons (Fsp3) is 0.375. The van der Waals surface area contributed by atoms with Crippen molar-refractivity contribution in [2.75, 3.05) is 13.2 Å². The van der Waals surface area contributed by atoms with Gasteiger partial charge in [-0.1, -0.05) is 25.1 Å². The van der Waals surface area contributed by atoms with Gasteiger partial charge in [-0.3, -0.25) is 4.79 Å². The standard InChI is InChI=1S/C16H21N3O3/c1-3-9-22-14-10-19(13-7-5-4-6-8-13)18-15(14)16(21)17-12(2)11-20/h4-8,10,12,20H,3,9,11H2,1-2H3,(H,17,21). The molecule has 1 heterocycles. The number of ether oxygens (including phenoxy) is 1. The molecule has 0 radical (unpaired) electrons. The molecule has 118 valence electrons. The van der Waals surface area contributed by atoms with E-state index in [4.69, 9.17) is 9.84 Å². The molecule has 0 aliphatic carbocycles. The lowest BCUT2D eigenvalue weighted by Crippen LogP contribution is -2.35. The molecule has 2 rings (SSSR count). The number of aliphatic hydroxyl groups excluding tert-OH is 1. The number of rotatable bonds is 7. The number of hydrogen-bond donors (Lipinski definition) is 2. The molecule has 1 unspecified atom stereocenters. The fourth-order valence-corrected chi connectivity index (χ4v) is 1.88. The number of carbonyl (C=O) groups is 1. The molecular formula is C16H21N3O3. The van der Waals surface area contributed by atoms with Crippen LogP contribution in [0.5, 0.6) is 5.75 Å². The Morgan fingerprint density at radius 2 is 2.14 bits per heavy atom.